The predicted octanol–water partition coefficient (Wildman–Crippen LogP) is -5.85. The zero-order chi connectivity index (χ0) is 15.0. The zero-order valence-corrected chi connectivity index (χ0v) is 17.7. The van der Waals surface area contributed by atoms with Gasteiger partial charge in [0, 0.05) is 17.8 Å². The smallest absolute Gasteiger partial charge is 0.733 e. The van der Waals surface area contributed by atoms with E-state index < -0.39 is 35.9 Å². The minimum Gasteiger partial charge on any atom is -0.733 e. The van der Waals surface area contributed by atoms with Gasteiger partial charge in [-0.05, 0) is 16.0 Å². The number of nitrogens with zero attached hydrogens (tertiary/aromatic N) is 2. The maximum Gasteiger partial charge on any atom is 1.00 e. The van der Waals surface area contributed by atoms with Crippen LogP contribution < -0.4 is 63.6 Å². The normalized spacial score (nSPS) is 11.5. The molecule has 0 aromatic heterocycles. The van der Waals surface area contributed by atoms with Crippen molar-refractivity contribution < 1.29 is 90.2 Å². The van der Waals surface area contributed by atoms with E-state index in [0.29, 0.717) is 0 Å². The van der Waals surface area contributed by atoms with Gasteiger partial charge >= 0.3 is 59.1 Å². The summed E-state index contributed by atoms with van der Waals surface area (Å²) in [5.41, 5.74) is -0.484. The van der Waals surface area contributed by atoms with Crippen LogP contribution in [-0.2, 0) is 20.6 Å². The molecular weight excluding hydrogens is 393 g/mol. The van der Waals surface area contributed by atoms with Crippen LogP contribution in [-0.4, -0.2) is 34.9 Å². The number of hydrogen-bond acceptors (Lipinski definition) is 8. The number of rotatable bonds is 4. The third kappa shape index (κ3) is 6.67. The van der Waals surface area contributed by atoms with E-state index in [1.165, 1.54) is 0 Å². The first-order valence-corrected chi connectivity index (χ1v) is 7.55. The summed E-state index contributed by atoms with van der Waals surface area (Å²) in [6.07, 6.45) is 0. The Kier molecular flexibility index (Phi) is 10.3. The van der Waals surface area contributed by atoms with Gasteiger partial charge in [0.15, 0.2) is 20.6 Å². The van der Waals surface area contributed by atoms with Crippen molar-refractivity contribution in [1.82, 2.24) is 3.82 Å². The summed E-state index contributed by atoms with van der Waals surface area (Å²) in [4.78, 5) is 0. The minimum absolute atomic E-state index is 0. The van der Waals surface area contributed by atoms with Gasteiger partial charge in [0.2, 0.25) is 0 Å². The van der Waals surface area contributed by atoms with Gasteiger partial charge in [-0.2, -0.15) is 4.53 Å². The number of hydrogen-bond donors (Lipinski definition) is 1. The molecule has 9 nitrogen and oxygen atoms in total. The molecule has 0 radical (unpaired) electrons. The Balaban J connectivity index is 0. The molecule has 0 fully saturated rings. The van der Waals surface area contributed by atoms with Gasteiger partial charge < -0.3 is 14.2 Å². The van der Waals surface area contributed by atoms with Gasteiger partial charge in [-0.25, -0.2) is 16.8 Å². The Bertz CT molecular complexity index is 667. The number of aromatic hydroxyl groups is 1. The van der Waals surface area contributed by atoms with E-state index in [1.807, 2.05) is 0 Å². The molecule has 0 saturated carbocycles. The molecule has 21 heavy (non-hydrogen) atoms. The van der Waals surface area contributed by atoms with E-state index in [9.17, 15) is 31.0 Å². The van der Waals surface area contributed by atoms with Crippen LogP contribution in [0.3, 0.4) is 0 Å². The molecule has 0 spiro atoms. The Morgan fingerprint density at radius 1 is 1.05 bits per heavy atom. The first-order valence-electron chi connectivity index (χ1n) is 4.11. The van der Waals surface area contributed by atoms with Gasteiger partial charge in [-0.15, -0.1) is 0 Å². The molecule has 1 rings (SSSR count). The van der Waals surface area contributed by atoms with E-state index in [1.54, 1.807) is 0 Å². The van der Waals surface area contributed by atoms with Crippen LogP contribution >= 0.6 is 23.4 Å². The van der Waals surface area contributed by atoms with Gasteiger partial charge in [0.25, 0.3) is 0 Å². The van der Waals surface area contributed by atoms with Crippen LogP contribution in [0.2, 0.25) is 5.02 Å². The minimum atomic E-state index is -5.73. The van der Waals surface area contributed by atoms with Gasteiger partial charge in [0.1, 0.15) is 5.75 Å². The molecule has 1 aromatic carbocycles. The summed E-state index contributed by atoms with van der Waals surface area (Å²) in [5.74, 6) is -0.573. The second-order valence-electron chi connectivity index (χ2n) is 2.99. The summed E-state index contributed by atoms with van der Waals surface area (Å²) in [5, 5.41) is 9.10. The van der Waals surface area contributed by atoms with E-state index >= 15 is 0 Å². The summed E-state index contributed by atoms with van der Waals surface area (Å²) < 4.78 is 62.9. The number of phenols is 1. The third-order valence-electron chi connectivity index (χ3n) is 1.67. The molecule has 0 saturated heterocycles. The molecule has 15 heteroatoms. The Labute approximate surface area is 175 Å². The summed E-state index contributed by atoms with van der Waals surface area (Å²) in [6.45, 7) is 0. The maximum absolute atomic E-state index is 10.7. The first-order chi connectivity index (χ1) is 8.44. The van der Waals surface area contributed by atoms with Crippen molar-refractivity contribution in [3.8, 4) is 5.75 Å². The standard InChI is InChI=1S/C6H6Cl2N2O7S2.2Na/c7-5-2-1-4(3-6(5)11)9(8)10(18(12,13)14)19(15,16)17;;/h1-3,11H,(H,12,13,14)(H,15,16,17);;/q;2*+1/p-2. The number of hydrazine groups is 1. The largest absolute Gasteiger partial charge is 1.00 e. The molecule has 0 aliphatic heterocycles. The van der Waals surface area contributed by atoms with Crippen molar-refractivity contribution in [3.05, 3.63) is 23.2 Å². The Hall–Kier alpha value is 1.18. The topological polar surface area (TPSA) is 141 Å². The van der Waals surface area contributed by atoms with E-state index in [2.05, 4.69) is 0 Å². The average molecular weight is 397 g/mol. The van der Waals surface area contributed by atoms with Crippen LogP contribution in [0, 0.1) is 0 Å². The number of benzene rings is 1. The predicted molar refractivity (Wildman–Crippen MR) is 62.7 cm³/mol. The van der Waals surface area contributed by atoms with Gasteiger partial charge in [-0.1, -0.05) is 11.6 Å². The molecule has 0 bridgehead atoms. The van der Waals surface area contributed by atoms with Crippen LogP contribution in [0.15, 0.2) is 18.2 Å². The molecule has 0 atom stereocenters. The number of anilines is 1. The van der Waals surface area contributed by atoms with Crippen molar-refractivity contribution in [3.63, 3.8) is 0 Å². The van der Waals surface area contributed by atoms with Gasteiger partial charge in [0.05, 0.1) is 10.7 Å². The Morgan fingerprint density at radius 3 is 1.81 bits per heavy atom. The van der Waals surface area contributed by atoms with E-state index in [4.69, 9.17) is 23.4 Å². The van der Waals surface area contributed by atoms with Crippen LogP contribution in [0.25, 0.3) is 0 Å². The van der Waals surface area contributed by atoms with Crippen molar-refractivity contribution in [1.29, 1.82) is 0 Å². The third-order valence-corrected chi connectivity index (χ3v) is 4.70. The van der Waals surface area contributed by atoms with Crippen LogP contribution in [0.4, 0.5) is 5.69 Å². The Morgan fingerprint density at radius 2 is 1.48 bits per heavy atom. The van der Waals surface area contributed by atoms with Gasteiger partial charge in [-0.3, -0.25) is 0 Å². The quantitative estimate of drug-likeness (QED) is 0.229. The average Bonchev–Trinajstić information content (AvgIpc) is 2.17. The summed E-state index contributed by atoms with van der Waals surface area (Å²) >= 11 is 10.8. The van der Waals surface area contributed by atoms with E-state index in [-0.39, 0.29) is 68.7 Å². The summed E-state index contributed by atoms with van der Waals surface area (Å²) in [7, 11) is -11.5. The molecule has 0 aliphatic carbocycles. The molecule has 108 valence electrons. The van der Waals surface area contributed by atoms with Crippen molar-refractivity contribution in [2.45, 2.75) is 0 Å². The molecular formula is C6H4Cl2N2Na2O7S2. The number of phenolic OH excluding ortho intramolecular Hbond substituents is 1. The first kappa shape index (κ1) is 24.4. The van der Waals surface area contributed by atoms with Crippen molar-refractivity contribution >= 4 is 49.7 Å². The molecule has 1 N–H and O–H groups in total. The summed E-state index contributed by atoms with van der Waals surface area (Å²) in [6, 6.07) is 2.76. The fourth-order valence-electron chi connectivity index (χ4n) is 0.998. The second-order valence-corrected chi connectivity index (χ2v) is 6.35. The van der Waals surface area contributed by atoms with Crippen LogP contribution in [0.5, 0.6) is 5.75 Å². The molecule has 0 amide bonds. The van der Waals surface area contributed by atoms with Crippen molar-refractivity contribution in [2.75, 3.05) is 4.53 Å². The second kappa shape index (κ2) is 8.87. The van der Waals surface area contributed by atoms with Crippen molar-refractivity contribution in [2.24, 2.45) is 0 Å². The fourth-order valence-corrected chi connectivity index (χ4v) is 3.11. The van der Waals surface area contributed by atoms with E-state index in [0.717, 1.165) is 18.2 Å². The SMILES string of the molecule is O=S(=O)([O-])N(N(Cl)c1ccc(Cl)c(O)c1)S(=O)(=O)[O-].[Na+].[Na+]. The molecule has 1 aromatic rings. The number of halogens is 2. The monoisotopic (exact) mass is 396 g/mol. The molecule has 0 heterocycles. The van der Waals surface area contributed by atoms with Crippen LogP contribution in [0.1, 0.15) is 0 Å². The zero-order valence-electron chi connectivity index (χ0n) is 10.6. The fraction of sp³-hybridized carbons (Fsp3) is 0. The maximum atomic E-state index is 10.7. The molecule has 0 unspecified atom stereocenters. The molecule has 0 aliphatic rings.